The number of benzene rings is 1. The van der Waals surface area contributed by atoms with Crippen molar-refractivity contribution in [3.63, 3.8) is 0 Å². The molecule has 1 aromatic heterocycles. The van der Waals surface area contributed by atoms with Gasteiger partial charge in [-0.2, -0.15) is 0 Å². The van der Waals surface area contributed by atoms with E-state index in [9.17, 15) is 0 Å². The monoisotopic (exact) mass is 336 g/mol. The van der Waals surface area contributed by atoms with Gasteiger partial charge in [0.2, 0.25) is 0 Å². The van der Waals surface area contributed by atoms with E-state index < -0.39 is 0 Å². The van der Waals surface area contributed by atoms with Crippen molar-refractivity contribution in [2.45, 2.75) is 45.3 Å². The number of nitrogens with zero attached hydrogens (tertiary/aromatic N) is 2. The van der Waals surface area contributed by atoms with Crippen LogP contribution in [0.4, 0.5) is 0 Å². The lowest BCUT2D eigenvalue weighted by Gasteiger charge is -2.40. The van der Waals surface area contributed by atoms with E-state index in [1.165, 1.54) is 22.2 Å². The van der Waals surface area contributed by atoms with Gasteiger partial charge in [-0.3, -0.25) is 0 Å². The minimum absolute atomic E-state index is 0. The minimum Gasteiger partial charge on any atom is -0.367 e. The van der Waals surface area contributed by atoms with Crippen molar-refractivity contribution < 1.29 is 4.74 Å². The normalized spacial score (nSPS) is 20.6. The van der Waals surface area contributed by atoms with Gasteiger partial charge in [0.15, 0.2) is 0 Å². The van der Waals surface area contributed by atoms with E-state index in [0.717, 1.165) is 39.0 Å². The first-order chi connectivity index (χ1) is 10.6. The summed E-state index contributed by atoms with van der Waals surface area (Å²) < 4.78 is 8.96. The van der Waals surface area contributed by atoms with Crippen molar-refractivity contribution in [3.05, 3.63) is 35.5 Å². The summed E-state index contributed by atoms with van der Waals surface area (Å²) in [5.41, 5.74) is 4.06. The number of rotatable bonds is 5. The quantitative estimate of drug-likeness (QED) is 0.807. The second-order valence-electron chi connectivity index (χ2n) is 6.79. The summed E-state index contributed by atoms with van der Waals surface area (Å²) in [7, 11) is 4.29. The Morgan fingerprint density at radius 2 is 1.96 bits per heavy atom. The van der Waals surface area contributed by atoms with Crippen LogP contribution in [0.3, 0.4) is 0 Å². The van der Waals surface area contributed by atoms with Gasteiger partial charge in [0, 0.05) is 24.0 Å². The van der Waals surface area contributed by atoms with Crippen LogP contribution in [-0.2, 0) is 16.9 Å². The van der Waals surface area contributed by atoms with Gasteiger partial charge in [0.1, 0.15) is 5.60 Å². The zero-order chi connectivity index (χ0) is 15.7. The molecule has 0 saturated heterocycles. The molecule has 0 saturated carbocycles. The first-order valence-corrected chi connectivity index (χ1v) is 8.46. The largest absolute Gasteiger partial charge is 0.367 e. The van der Waals surface area contributed by atoms with E-state index in [2.05, 4.69) is 61.7 Å². The van der Waals surface area contributed by atoms with E-state index in [1.807, 2.05) is 0 Å². The highest BCUT2D eigenvalue weighted by Crippen LogP contribution is 2.43. The Balaban J connectivity index is 0.00000192. The predicted octanol–water partition coefficient (Wildman–Crippen LogP) is 4.35. The third-order valence-corrected chi connectivity index (χ3v) is 4.97. The topological polar surface area (TPSA) is 17.4 Å². The van der Waals surface area contributed by atoms with Crippen LogP contribution in [0, 0.1) is 6.92 Å². The Morgan fingerprint density at radius 1 is 1.22 bits per heavy atom. The number of fused-ring (bicyclic) bond motifs is 3. The second kappa shape index (κ2) is 7.25. The molecule has 4 heteroatoms. The van der Waals surface area contributed by atoms with E-state index in [4.69, 9.17) is 4.74 Å². The number of halogens is 1. The Morgan fingerprint density at radius 3 is 2.65 bits per heavy atom. The number of hydrogen-bond acceptors (Lipinski definition) is 2. The van der Waals surface area contributed by atoms with Crippen LogP contribution in [0.15, 0.2) is 24.3 Å². The van der Waals surface area contributed by atoms with Crippen LogP contribution in [0.25, 0.3) is 10.9 Å². The van der Waals surface area contributed by atoms with Crippen LogP contribution in [0.5, 0.6) is 0 Å². The van der Waals surface area contributed by atoms with Crippen molar-refractivity contribution in [3.8, 4) is 0 Å². The Kier molecular flexibility index (Phi) is 5.77. The average molecular weight is 337 g/mol. The summed E-state index contributed by atoms with van der Waals surface area (Å²) in [5, 5.41) is 1.38. The maximum Gasteiger partial charge on any atom is 0.110 e. The van der Waals surface area contributed by atoms with Gasteiger partial charge < -0.3 is 14.2 Å². The van der Waals surface area contributed by atoms with Gasteiger partial charge in [-0.05, 0) is 45.5 Å². The molecular weight excluding hydrogens is 308 g/mol. The summed E-state index contributed by atoms with van der Waals surface area (Å²) in [4.78, 5) is 2.26. The molecule has 2 aromatic rings. The third-order valence-electron chi connectivity index (χ3n) is 4.97. The maximum atomic E-state index is 6.45. The molecular formula is C19H29ClN2O. The van der Waals surface area contributed by atoms with Gasteiger partial charge in [0.05, 0.1) is 12.3 Å². The van der Waals surface area contributed by atoms with Gasteiger partial charge >= 0.3 is 0 Å². The van der Waals surface area contributed by atoms with Gasteiger partial charge in [-0.15, -0.1) is 12.4 Å². The fraction of sp³-hybridized carbons (Fsp3) is 0.579. The highest BCUT2D eigenvalue weighted by atomic mass is 35.5. The molecule has 1 aromatic carbocycles. The lowest BCUT2D eigenvalue weighted by molar-refractivity contribution is -0.0917. The maximum absolute atomic E-state index is 6.45. The van der Waals surface area contributed by atoms with Crippen molar-refractivity contribution in [2.24, 2.45) is 0 Å². The van der Waals surface area contributed by atoms with Gasteiger partial charge in [0.25, 0.3) is 0 Å². The van der Waals surface area contributed by atoms with Crippen molar-refractivity contribution in [1.82, 2.24) is 9.47 Å². The fourth-order valence-corrected chi connectivity index (χ4v) is 4.01. The Hall–Kier alpha value is -1.03. The first kappa shape index (κ1) is 18.3. The average Bonchev–Trinajstić information content (AvgIpc) is 2.81. The molecule has 128 valence electrons. The SMILES string of the molecule is CCCC1(CCN(C)C)OCCn2c1c(C)c1ccccc12.Cl. The van der Waals surface area contributed by atoms with E-state index in [0.29, 0.717) is 0 Å². The van der Waals surface area contributed by atoms with Crippen molar-refractivity contribution in [2.75, 3.05) is 27.2 Å². The lowest BCUT2D eigenvalue weighted by atomic mass is 9.86. The van der Waals surface area contributed by atoms with Crippen molar-refractivity contribution in [1.29, 1.82) is 0 Å². The first-order valence-electron chi connectivity index (χ1n) is 8.46. The van der Waals surface area contributed by atoms with Gasteiger partial charge in [-0.1, -0.05) is 31.5 Å². The number of aromatic nitrogens is 1. The Labute approximate surface area is 146 Å². The summed E-state index contributed by atoms with van der Waals surface area (Å²) in [6.45, 7) is 7.37. The van der Waals surface area contributed by atoms with Crippen LogP contribution in [0.2, 0.25) is 0 Å². The number of hydrogen-bond donors (Lipinski definition) is 0. The smallest absolute Gasteiger partial charge is 0.110 e. The summed E-state index contributed by atoms with van der Waals surface area (Å²) in [5.74, 6) is 0. The van der Waals surface area contributed by atoms with Gasteiger partial charge in [-0.25, -0.2) is 0 Å². The molecule has 1 aliphatic heterocycles. The molecule has 0 radical (unpaired) electrons. The molecule has 0 amide bonds. The molecule has 2 heterocycles. The summed E-state index contributed by atoms with van der Waals surface area (Å²) >= 11 is 0. The molecule has 1 atom stereocenters. The number of para-hydroxylation sites is 1. The highest BCUT2D eigenvalue weighted by molar-refractivity contribution is 5.86. The molecule has 0 spiro atoms. The van der Waals surface area contributed by atoms with Crippen LogP contribution in [-0.4, -0.2) is 36.7 Å². The molecule has 0 bridgehead atoms. The van der Waals surface area contributed by atoms with Crippen LogP contribution in [0.1, 0.15) is 37.4 Å². The fourth-order valence-electron chi connectivity index (χ4n) is 4.01. The zero-order valence-corrected chi connectivity index (χ0v) is 15.6. The summed E-state index contributed by atoms with van der Waals surface area (Å²) in [6.07, 6.45) is 3.30. The minimum atomic E-state index is -0.125. The second-order valence-corrected chi connectivity index (χ2v) is 6.79. The molecule has 3 nitrogen and oxygen atoms in total. The summed E-state index contributed by atoms with van der Waals surface area (Å²) in [6, 6.07) is 8.79. The van der Waals surface area contributed by atoms with Crippen LogP contribution >= 0.6 is 12.4 Å². The molecule has 0 fully saturated rings. The van der Waals surface area contributed by atoms with Crippen molar-refractivity contribution >= 4 is 23.3 Å². The predicted molar refractivity (Wildman–Crippen MR) is 99.6 cm³/mol. The number of aryl methyl sites for hydroxylation is 1. The number of ether oxygens (including phenoxy) is 1. The molecule has 0 N–H and O–H groups in total. The molecule has 1 aliphatic rings. The van der Waals surface area contributed by atoms with E-state index in [1.54, 1.807) is 0 Å². The van der Waals surface area contributed by atoms with E-state index in [-0.39, 0.29) is 18.0 Å². The molecule has 0 aliphatic carbocycles. The third kappa shape index (κ3) is 3.15. The molecule has 1 unspecified atom stereocenters. The standard InChI is InChI=1S/C19H28N2O.ClH/c1-5-10-19(11-12-20(3)4)18-15(2)16-8-6-7-9-17(16)21(18)13-14-22-19;/h6-9H,5,10-14H2,1-4H3;1H. The Bertz CT molecular complexity index is 665. The molecule has 23 heavy (non-hydrogen) atoms. The van der Waals surface area contributed by atoms with Crippen LogP contribution < -0.4 is 0 Å². The lowest BCUT2D eigenvalue weighted by Crippen LogP contribution is -2.40. The highest BCUT2D eigenvalue weighted by Gasteiger charge is 2.40. The zero-order valence-electron chi connectivity index (χ0n) is 14.8. The molecule has 3 rings (SSSR count). The van der Waals surface area contributed by atoms with E-state index >= 15 is 0 Å².